The summed E-state index contributed by atoms with van der Waals surface area (Å²) in [6.45, 7) is 1.25. The number of nitrogens with zero attached hydrogens (tertiary/aromatic N) is 4. The van der Waals surface area contributed by atoms with Crippen molar-refractivity contribution in [1.29, 1.82) is 0 Å². The van der Waals surface area contributed by atoms with Gasteiger partial charge in [0.25, 0.3) is 5.56 Å². The highest BCUT2D eigenvalue weighted by atomic mass is 32.2. The van der Waals surface area contributed by atoms with Gasteiger partial charge in [-0.15, -0.1) is 11.8 Å². The number of fused-ring (bicyclic) bond motifs is 1. The predicted molar refractivity (Wildman–Crippen MR) is 107 cm³/mol. The second-order valence-corrected chi connectivity index (χ2v) is 8.52. The fourth-order valence-electron chi connectivity index (χ4n) is 3.92. The SMILES string of the molecule is Cn1c(=O)c2c(SCCC3OCCO3)nc(C3CCCCC3)nc2n(C)c1=O. The van der Waals surface area contributed by atoms with Gasteiger partial charge in [-0.25, -0.2) is 14.8 Å². The van der Waals surface area contributed by atoms with E-state index >= 15 is 0 Å². The van der Waals surface area contributed by atoms with E-state index in [1.165, 1.54) is 42.6 Å². The summed E-state index contributed by atoms with van der Waals surface area (Å²) < 4.78 is 13.6. The minimum absolute atomic E-state index is 0.189. The Kier molecular flexibility index (Phi) is 5.84. The zero-order chi connectivity index (χ0) is 19.7. The second kappa shape index (κ2) is 8.34. The zero-order valence-corrected chi connectivity index (χ0v) is 17.2. The van der Waals surface area contributed by atoms with E-state index in [0.29, 0.717) is 35.0 Å². The van der Waals surface area contributed by atoms with Crippen LogP contribution in [0.25, 0.3) is 11.0 Å². The maximum absolute atomic E-state index is 12.8. The lowest BCUT2D eigenvalue weighted by Crippen LogP contribution is -2.38. The number of hydrogen-bond acceptors (Lipinski definition) is 7. The molecule has 0 N–H and O–H groups in total. The number of rotatable bonds is 5. The van der Waals surface area contributed by atoms with Crippen molar-refractivity contribution < 1.29 is 9.47 Å². The summed E-state index contributed by atoms with van der Waals surface area (Å²) in [5.74, 6) is 1.76. The molecule has 3 heterocycles. The third-order valence-corrected chi connectivity index (χ3v) is 6.55. The molecule has 1 aliphatic carbocycles. The van der Waals surface area contributed by atoms with Crippen molar-refractivity contribution in [3.8, 4) is 0 Å². The quantitative estimate of drug-likeness (QED) is 0.554. The summed E-state index contributed by atoms with van der Waals surface area (Å²) in [5, 5.41) is 1.07. The molecular formula is C19H26N4O4S. The first-order chi connectivity index (χ1) is 13.6. The maximum Gasteiger partial charge on any atom is 0.332 e. The fourth-order valence-corrected chi connectivity index (χ4v) is 4.90. The number of ether oxygens (including phenoxy) is 2. The van der Waals surface area contributed by atoms with Gasteiger partial charge in [-0.1, -0.05) is 19.3 Å². The molecule has 1 aliphatic heterocycles. The average molecular weight is 407 g/mol. The van der Waals surface area contributed by atoms with Crippen LogP contribution >= 0.6 is 11.8 Å². The highest BCUT2D eigenvalue weighted by Crippen LogP contribution is 2.33. The lowest BCUT2D eigenvalue weighted by atomic mass is 9.89. The van der Waals surface area contributed by atoms with Crippen LogP contribution in [-0.2, 0) is 23.6 Å². The van der Waals surface area contributed by atoms with Crippen molar-refractivity contribution in [2.75, 3.05) is 19.0 Å². The molecule has 0 atom stereocenters. The third-order valence-electron chi connectivity index (χ3n) is 5.54. The Morgan fingerprint density at radius 2 is 1.75 bits per heavy atom. The smallest absolute Gasteiger partial charge is 0.332 e. The van der Waals surface area contributed by atoms with E-state index in [0.717, 1.165) is 29.7 Å². The standard InChI is InChI=1S/C19H26N4O4S/c1-22-16-14(18(24)23(2)19(22)25)17(28-11-8-13-26-9-10-27-13)21-15(20-16)12-6-4-3-5-7-12/h12-13H,3-11H2,1-2H3. The Morgan fingerprint density at radius 1 is 1.04 bits per heavy atom. The summed E-state index contributed by atoms with van der Waals surface area (Å²) in [6.07, 6.45) is 6.22. The second-order valence-electron chi connectivity index (χ2n) is 7.43. The van der Waals surface area contributed by atoms with Gasteiger partial charge < -0.3 is 9.47 Å². The molecular weight excluding hydrogens is 380 g/mol. The Morgan fingerprint density at radius 3 is 2.46 bits per heavy atom. The van der Waals surface area contributed by atoms with E-state index in [-0.39, 0.29) is 23.5 Å². The van der Waals surface area contributed by atoms with E-state index < -0.39 is 0 Å². The van der Waals surface area contributed by atoms with Crippen molar-refractivity contribution in [2.45, 2.75) is 55.8 Å². The molecule has 2 aromatic rings. The van der Waals surface area contributed by atoms with E-state index in [4.69, 9.17) is 14.5 Å². The van der Waals surface area contributed by atoms with Crippen LogP contribution in [0.3, 0.4) is 0 Å². The van der Waals surface area contributed by atoms with Crippen molar-refractivity contribution in [3.63, 3.8) is 0 Å². The number of aryl methyl sites for hydroxylation is 1. The van der Waals surface area contributed by atoms with Crippen LogP contribution in [-0.4, -0.2) is 44.4 Å². The van der Waals surface area contributed by atoms with Gasteiger partial charge in [-0.05, 0) is 12.8 Å². The first-order valence-corrected chi connectivity index (χ1v) is 10.9. The van der Waals surface area contributed by atoms with Crippen molar-refractivity contribution in [3.05, 3.63) is 26.7 Å². The average Bonchev–Trinajstić information content (AvgIpc) is 3.24. The van der Waals surface area contributed by atoms with Gasteiger partial charge in [0.05, 0.1) is 13.2 Å². The Balaban J connectivity index is 1.75. The Labute approximate surface area is 167 Å². The molecule has 2 fully saturated rings. The molecule has 0 spiro atoms. The number of hydrogen-bond donors (Lipinski definition) is 0. The molecule has 1 saturated heterocycles. The van der Waals surface area contributed by atoms with Crippen LogP contribution in [0.15, 0.2) is 14.6 Å². The van der Waals surface area contributed by atoms with Gasteiger partial charge in [0.1, 0.15) is 16.2 Å². The van der Waals surface area contributed by atoms with Gasteiger partial charge in [0.2, 0.25) is 0 Å². The number of thioether (sulfide) groups is 1. The van der Waals surface area contributed by atoms with Crippen LogP contribution in [0.5, 0.6) is 0 Å². The summed E-state index contributed by atoms with van der Waals surface area (Å²) in [4.78, 5) is 34.7. The predicted octanol–water partition coefficient (Wildman–Crippen LogP) is 1.93. The molecule has 0 bridgehead atoms. The first-order valence-electron chi connectivity index (χ1n) is 9.90. The largest absolute Gasteiger partial charge is 0.350 e. The van der Waals surface area contributed by atoms with Gasteiger partial charge in [0.15, 0.2) is 11.9 Å². The minimum Gasteiger partial charge on any atom is -0.350 e. The molecule has 1 saturated carbocycles. The van der Waals surface area contributed by atoms with Gasteiger partial charge in [-0.2, -0.15) is 0 Å². The van der Waals surface area contributed by atoms with Crippen molar-refractivity contribution in [1.82, 2.24) is 19.1 Å². The van der Waals surface area contributed by atoms with Crippen molar-refractivity contribution in [2.24, 2.45) is 14.1 Å². The lowest BCUT2D eigenvalue weighted by molar-refractivity contribution is -0.0421. The van der Waals surface area contributed by atoms with Crippen LogP contribution in [0.2, 0.25) is 0 Å². The van der Waals surface area contributed by atoms with Crippen LogP contribution in [0.4, 0.5) is 0 Å². The van der Waals surface area contributed by atoms with Crippen LogP contribution < -0.4 is 11.2 Å². The van der Waals surface area contributed by atoms with Crippen LogP contribution in [0.1, 0.15) is 50.3 Å². The van der Waals surface area contributed by atoms with Gasteiger partial charge >= 0.3 is 5.69 Å². The van der Waals surface area contributed by atoms with E-state index in [1.54, 1.807) is 7.05 Å². The number of aromatic nitrogens is 4. The normalized spacial score (nSPS) is 18.9. The van der Waals surface area contributed by atoms with Gasteiger partial charge in [0, 0.05) is 32.2 Å². The molecule has 2 aromatic heterocycles. The van der Waals surface area contributed by atoms with E-state index in [2.05, 4.69) is 4.98 Å². The molecule has 0 unspecified atom stereocenters. The zero-order valence-electron chi connectivity index (χ0n) is 16.3. The van der Waals surface area contributed by atoms with Crippen molar-refractivity contribution >= 4 is 22.8 Å². The molecule has 2 aliphatic rings. The Hall–Kier alpha value is -1.71. The molecule has 0 amide bonds. The molecule has 9 heteroatoms. The highest BCUT2D eigenvalue weighted by molar-refractivity contribution is 7.99. The summed E-state index contributed by atoms with van der Waals surface area (Å²) in [6, 6.07) is 0. The molecule has 152 valence electrons. The lowest BCUT2D eigenvalue weighted by Gasteiger charge is -2.21. The summed E-state index contributed by atoms with van der Waals surface area (Å²) >= 11 is 1.51. The first kappa shape index (κ1) is 19.6. The highest BCUT2D eigenvalue weighted by Gasteiger charge is 2.24. The summed E-state index contributed by atoms with van der Waals surface area (Å²) in [5.41, 5.74) is -0.279. The van der Waals surface area contributed by atoms with Crippen LogP contribution in [0, 0.1) is 0 Å². The minimum atomic E-state index is -0.366. The summed E-state index contributed by atoms with van der Waals surface area (Å²) in [7, 11) is 3.16. The Bertz CT molecular complexity index is 975. The molecule has 0 aromatic carbocycles. The van der Waals surface area contributed by atoms with Gasteiger partial charge in [-0.3, -0.25) is 13.9 Å². The molecule has 28 heavy (non-hydrogen) atoms. The third kappa shape index (κ3) is 3.75. The molecule has 8 nitrogen and oxygen atoms in total. The monoisotopic (exact) mass is 406 g/mol. The molecule has 0 radical (unpaired) electrons. The maximum atomic E-state index is 12.8. The van der Waals surface area contributed by atoms with E-state index in [1.807, 2.05) is 0 Å². The molecule has 4 rings (SSSR count). The fraction of sp³-hybridized carbons (Fsp3) is 0.684. The topological polar surface area (TPSA) is 88.2 Å². The van der Waals surface area contributed by atoms with E-state index in [9.17, 15) is 9.59 Å².